The number of phenols is 1. The van der Waals surface area contributed by atoms with Crippen LogP contribution in [0.1, 0.15) is 22.3 Å². The van der Waals surface area contributed by atoms with E-state index in [0.717, 1.165) is 28.8 Å². The van der Waals surface area contributed by atoms with Crippen molar-refractivity contribution >= 4 is 0 Å². The molecule has 0 aliphatic carbocycles. The Morgan fingerprint density at radius 3 is 2.32 bits per heavy atom. The number of hydrogen-bond acceptors (Lipinski definition) is 3. The highest BCUT2D eigenvalue weighted by molar-refractivity contribution is 5.39. The van der Waals surface area contributed by atoms with Gasteiger partial charge in [0.2, 0.25) is 0 Å². The van der Waals surface area contributed by atoms with Crippen LogP contribution in [0.4, 0.5) is 0 Å². The minimum absolute atomic E-state index is 0.0743. The Balaban J connectivity index is 1.90. The van der Waals surface area contributed by atoms with E-state index in [2.05, 4.69) is 5.32 Å². The number of aliphatic hydroxyl groups is 1. The molecular formula is C16H19NO2. The molecule has 0 heterocycles. The number of nitrogens with one attached hydrogen (secondary N) is 1. The molecule has 0 amide bonds. The minimum Gasteiger partial charge on any atom is -0.507 e. The zero-order valence-electron chi connectivity index (χ0n) is 11.1. The molecule has 2 rings (SSSR count). The monoisotopic (exact) mass is 257 g/mol. The Hall–Kier alpha value is -1.84. The van der Waals surface area contributed by atoms with Crippen molar-refractivity contribution in [3.63, 3.8) is 0 Å². The summed E-state index contributed by atoms with van der Waals surface area (Å²) in [6.45, 7) is 3.34. The van der Waals surface area contributed by atoms with Crippen molar-refractivity contribution in [3.8, 4) is 5.75 Å². The van der Waals surface area contributed by atoms with Crippen LogP contribution in [0.25, 0.3) is 0 Å². The third kappa shape index (κ3) is 3.56. The summed E-state index contributed by atoms with van der Waals surface area (Å²) in [5.41, 5.74) is 3.88. The van der Waals surface area contributed by atoms with Crippen LogP contribution in [-0.2, 0) is 19.7 Å². The van der Waals surface area contributed by atoms with Crippen molar-refractivity contribution < 1.29 is 10.2 Å². The van der Waals surface area contributed by atoms with Crippen LogP contribution < -0.4 is 5.32 Å². The topological polar surface area (TPSA) is 52.5 Å². The van der Waals surface area contributed by atoms with Crippen LogP contribution in [0.15, 0.2) is 42.5 Å². The summed E-state index contributed by atoms with van der Waals surface area (Å²) in [5, 5.41) is 22.2. The van der Waals surface area contributed by atoms with E-state index in [1.54, 1.807) is 0 Å². The minimum atomic E-state index is 0.0743. The summed E-state index contributed by atoms with van der Waals surface area (Å²) in [4.78, 5) is 0. The number of hydrogen-bond donors (Lipinski definition) is 3. The third-order valence-corrected chi connectivity index (χ3v) is 3.17. The Morgan fingerprint density at radius 1 is 0.947 bits per heavy atom. The van der Waals surface area contributed by atoms with E-state index in [1.807, 2.05) is 49.4 Å². The van der Waals surface area contributed by atoms with Gasteiger partial charge in [0.1, 0.15) is 5.75 Å². The molecule has 2 aromatic rings. The Bertz CT molecular complexity index is 535. The fourth-order valence-corrected chi connectivity index (χ4v) is 1.97. The zero-order valence-corrected chi connectivity index (χ0v) is 11.1. The van der Waals surface area contributed by atoms with E-state index in [1.165, 1.54) is 0 Å². The summed E-state index contributed by atoms with van der Waals surface area (Å²) in [7, 11) is 0. The SMILES string of the molecule is Cc1cccc(CNCc2ccc(CO)cc2)c1O. The molecule has 0 unspecified atom stereocenters. The lowest BCUT2D eigenvalue weighted by Crippen LogP contribution is -2.12. The highest BCUT2D eigenvalue weighted by Gasteiger charge is 2.02. The average Bonchev–Trinajstić information content (AvgIpc) is 2.44. The molecule has 0 aliphatic rings. The molecule has 0 saturated heterocycles. The van der Waals surface area contributed by atoms with E-state index < -0.39 is 0 Å². The van der Waals surface area contributed by atoms with Gasteiger partial charge in [-0.2, -0.15) is 0 Å². The lowest BCUT2D eigenvalue weighted by molar-refractivity contribution is 0.282. The summed E-state index contributed by atoms with van der Waals surface area (Å²) in [6, 6.07) is 13.6. The number of aromatic hydroxyl groups is 1. The molecule has 3 N–H and O–H groups in total. The number of aliphatic hydroxyl groups excluding tert-OH is 1. The number of phenolic OH excluding ortho intramolecular Hbond substituents is 1. The lowest BCUT2D eigenvalue weighted by atomic mass is 10.1. The average molecular weight is 257 g/mol. The van der Waals surface area contributed by atoms with Gasteiger partial charge in [0.05, 0.1) is 6.61 Å². The van der Waals surface area contributed by atoms with Crippen molar-refractivity contribution in [2.24, 2.45) is 0 Å². The fraction of sp³-hybridized carbons (Fsp3) is 0.250. The van der Waals surface area contributed by atoms with Crippen molar-refractivity contribution in [2.45, 2.75) is 26.6 Å². The number of rotatable bonds is 5. The first-order chi connectivity index (χ1) is 9.20. The molecule has 0 spiro atoms. The zero-order chi connectivity index (χ0) is 13.7. The van der Waals surface area contributed by atoms with Crippen molar-refractivity contribution in [1.29, 1.82) is 0 Å². The predicted octanol–water partition coefficient (Wildman–Crippen LogP) is 2.48. The standard InChI is InChI=1S/C16H19NO2/c1-12-3-2-4-15(16(12)19)10-17-9-13-5-7-14(11-18)8-6-13/h2-8,17-19H,9-11H2,1H3. The van der Waals surface area contributed by atoms with Gasteiger partial charge in [-0.1, -0.05) is 42.5 Å². The summed E-state index contributed by atoms with van der Waals surface area (Å²) in [5.74, 6) is 0.366. The van der Waals surface area contributed by atoms with E-state index in [-0.39, 0.29) is 6.61 Å². The van der Waals surface area contributed by atoms with Gasteiger partial charge >= 0.3 is 0 Å². The maximum absolute atomic E-state index is 9.90. The normalized spacial score (nSPS) is 10.6. The van der Waals surface area contributed by atoms with E-state index >= 15 is 0 Å². The van der Waals surface area contributed by atoms with E-state index in [4.69, 9.17) is 5.11 Å². The highest BCUT2D eigenvalue weighted by atomic mass is 16.3. The quantitative estimate of drug-likeness (QED) is 0.771. The molecule has 0 saturated carbocycles. The smallest absolute Gasteiger partial charge is 0.122 e. The molecule has 0 atom stereocenters. The van der Waals surface area contributed by atoms with Gasteiger partial charge in [0.25, 0.3) is 0 Å². The van der Waals surface area contributed by atoms with Gasteiger partial charge in [-0.15, -0.1) is 0 Å². The first-order valence-corrected chi connectivity index (χ1v) is 6.37. The van der Waals surface area contributed by atoms with Crippen LogP contribution in [0.5, 0.6) is 5.75 Å². The number of para-hydroxylation sites is 1. The largest absolute Gasteiger partial charge is 0.507 e. The molecule has 0 radical (unpaired) electrons. The molecule has 0 aliphatic heterocycles. The first kappa shape index (κ1) is 13.6. The maximum atomic E-state index is 9.90. The van der Waals surface area contributed by atoms with Crippen molar-refractivity contribution in [2.75, 3.05) is 0 Å². The molecule has 2 aromatic carbocycles. The summed E-state index contributed by atoms with van der Waals surface area (Å²) in [6.07, 6.45) is 0. The molecule has 3 heteroatoms. The molecular weight excluding hydrogens is 238 g/mol. The second-order valence-corrected chi connectivity index (χ2v) is 4.66. The van der Waals surface area contributed by atoms with Gasteiger partial charge < -0.3 is 15.5 Å². The molecule has 0 aromatic heterocycles. The van der Waals surface area contributed by atoms with Gasteiger partial charge in [0.15, 0.2) is 0 Å². The van der Waals surface area contributed by atoms with Gasteiger partial charge in [-0.25, -0.2) is 0 Å². The third-order valence-electron chi connectivity index (χ3n) is 3.17. The Labute approximate surface area is 113 Å². The number of aryl methyl sites for hydroxylation is 1. The second kappa shape index (κ2) is 6.36. The number of benzene rings is 2. The molecule has 3 nitrogen and oxygen atoms in total. The Morgan fingerprint density at radius 2 is 1.63 bits per heavy atom. The van der Waals surface area contributed by atoms with Gasteiger partial charge in [0, 0.05) is 18.7 Å². The molecule has 19 heavy (non-hydrogen) atoms. The summed E-state index contributed by atoms with van der Waals surface area (Å²) < 4.78 is 0. The molecule has 0 bridgehead atoms. The van der Waals surface area contributed by atoms with Gasteiger partial charge in [-0.05, 0) is 23.6 Å². The summed E-state index contributed by atoms with van der Waals surface area (Å²) >= 11 is 0. The highest BCUT2D eigenvalue weighted by Crippen LogP contribution is 2.21. The molecule has 100 valence electrons. The van der Waals surface area contributed by atoms with Crippen LogP contribution in [0.3, 0.4) is 0 Å². The fourth-order valence-electron chi connectivity index (χ4n) is 1.97. The predicted molar refractivity (Wildman–Crippen MR) is 75.8 cm³/mol. The first-order valence-electron chi connectivity index (χ1n) is 6.37. The van der Waals surface area contributed by atoms with Crippen molar-refractivity contribution in [3.05, 3.63) is 64.7 Å². The second-order valence-electron chi connectivity index (χ2n) is 4.66. The lowest BCUT2D eigenvalue weighted by Gasteiger charge is -2.09. The Kier molecular flexibility index (Phi) is 4.55. The van der Waals surface area contributed by atoms with E-state index in [9.17, 15) is 5.11 Å². The molecule has 0 fully saturated rings. The maximum Gasteiger partial charge on any atom is 0.122 e. The van der Waals surface area contributed by atoms with Crippen LogP contribution in [-0.4, -0.2) is 10.2 Å². The van der Waals surface area contributed by atoms with Crippen LogP contribution >= 0.6 is 0 Å². The van der Waals surface area contributed by atoms with Crippen LogP contribution in [0, 0.1) is 6.92 Å². The van der Waals surface area contributed by atoms with E-state index in [0.29, 0.717) is 12.3 Å². The van der Waals surface area contributed by atoms with Crippen molar-refractivity contribution in [1.82, 2.24) is 5.32 Å². The van der Waals surface area contributed by atoms with Gasteiger partial charge in [-0.3, -0.25) is 0 Å². The van der Waals surface area contributed by atoms with Crippen LogP contribution in [0.2, 0.25) is 0 Å².